The Morgan fingerprint density at radius 3 is 2.48 bits per heavy atom. The molecule has 1 fully saturated rings. The summed E-state index contributed by atoms with van der Waals surface area (Å²) in [6.07, 6.45) is 5.64. The van der Waals surface area contributed by atoms with Gasteiger partial charge >= 0.3 is 6.03 Å². The predicted molar refractivity (Wildman–Crippen MR) is 85.9 cm³/mol. The number of carbonyl (C=O) groups excluding carboxylic acids is 1. The number of likely N-dealkylation sites (N-methyl/N-ethyl adjacent to an activating group) is 1. The van der Waals surface area contributed by atoms with Gasteiger partial charge in [0.1, 0.15) is 0 Å². The lowest BCUT2D eigenvalue weighted by Crippen LogP contribution is -2.59. The number of amides is 2. The zero-order valence-electron chi connectivity index (χ0n) is 13.0. The lowest BCUT2D eigenvalue weighted by molar-refractivity contribution is 0.0874. The van der Waals surface area contributed by atoms with Crippen molar-refractivity contribution in [3.63, 3.8) is 0 Å². The van der Waals surface area contributed by atoms with Crippen LogP contribution in [-0.4, -0.2) is 29.6 Å². The van der Waals surface area contributed by atoms with Crippen molar-refractivity contribution in [2.45, 2.75) is 51.1 Å². The largest absolute Gasteiger partial charge is 0.334 e. The summed E-state index contributed by atoms with van der Waals surface area (Å²) in [6, 6.07) is 10.0. The van der Waals surface area contributed by atoms with Crippen molar-refractivity contribution >= 4 is 6.03 Å². The maximum absolute atomic E-state index is 12.6. The van der Waals surface area contributed by atoms with E-state index < -0.39 is 0 Å². The molecule has 4 nitrogen and oxygen atoms in total. The molecule has 116 valence electrons. The lowest BCUT2D eigenvalue weighted by atomic mass is 9.80. The monoisotopic (exact) mass is 289 g/mol. The van der Waals surface area contributed by atoms with Crippen LogP contribution >= 0.6 is 0 Å². The second kappa shape index (κ2) is 7.46. The van der Waals surface area contributed by atoms with Crippen LogP contribution in [0.2, 0.25) is 0 Å². The number of carbonyl (C=O) groups is 1. The summed E-state index contributed by atoms with van der Waals surface area (Å²) in [5.74, 6) is 0. The van der Waals surface area contributed by atoms with Crippen molar-refractivity contribution in [2.75, 3.05) is 13.1 Å². The molecule has 0 saturated heterocycles. The Kier molecular flexibility index (Phi) is 5.62. The zero-order valence-corrected chi connectivity index (χ0v) is 13.0. The molecule has 1 aromatic rings. The van der Waals surface area contributed by atoms with Crippen LogP contribution in [0.1, 0.15) is 44.6 Å². The molecule has 0 aliphatic heterocycles. The van der Waals surface area contributed by atoms with E-state index in [1.54, 1.807) is 0 Å². The molecule has 0 unspecified atom stereocenters. The van der Waals surface area contributed by atoms with Crippen LogP contribution in [0.4, 0.5) is 4.79 Å². The highest BCUT2D eigenvalue weighted by molar-refractivity contribution is 5.75. The topological polar surface area (TPSA) is 58.4 Å². The Morgan fingerprint density at radius 1 is 1.24 bits per heavy atom. The van der Waals surface area contributed by atoms with Crippen LogP contribution in [0.3, 0.4) is 0 Å². The summed E-state index contributed by atoms with van der Waals surface area (Å²) in [7, 11) is 0. The van der Waals surface area contributed by atoms with Crippen molar-refractivity contribution in [3.05, 3.63) is 35.9 Å². The number of hydrogen-bond donors (Lipinski definition) is 2. The van der Waals surface area contributed by atoms with E-state index >= 15 is 0 Å². The summed E-state index contributed by atoms with van der Waals surface area (Å²) in [5.41, 5.74) is 7.01. The van der Waals surface area contributed by atoms with Crippen LogP contribution < -0.4 is 11.1 Å². The summed E-state index contributed by atoms with van der Waals surface area (Å²) >= 11 is 0. The SMILES string of the molecule is CCN(C(=O)NCc1ccccc1)C1(CN)CCCCC1. The first-order chi connectivity index (χ1) is 10.2. The molecular weight excluding hydrogens is 262 g/mol. The predicted octanol–water partition coefficient (Wildman–Crippen LogP) is 2.88. The van der Waals surface area contributed by atoms with Crippen LogP contribution in [0.25, 0.3) is 0 Å². The Hall–Kier alpha value is -1.55. The smallest absolute Gasteiger partial charge is 0.318 e. The molecule has 0 aromatic heterocycles. The van der Waals surface area contributed by atoms with E-state index in [9.17, 15) is 4.79 Å². The van der Waals surface area contributed by atoms with E-state index in [2.05, 4.69) is 5.32 Å². The minimum absolute atomic E-state index is 0.00806. The first-order valence-electron chi connectivity index (χ1n) is 8.01. The average molecular weight is 289 g/mol. The van der Waals surface area contributed by atoms with Gasteiger partial charge in [-0.15, -0.1) is 0 Å². The number of hydrogen-bond acceptors (Lipinski definition) is 2. The van der Waals surface area contributed by atoms with Crippen molar-refractivity contribution in [1.29, 1.82) is 0 Å². The number of nitrogens with zero attached hydrogens (tertiary/aromatic N) is 1. The fourth-order valence-electron chi connectivity index (χ4n) is 3.36. The van der Waals surface area contributed by atoms with Gasteiger partial charge in [-0.05, 0) is 25.3 Å². The molecular formula is C17H27N3O. The van der Waals surface area contributed by atoms with E-state index in [1.165, 1.54) is 19.3 Å². The van der Waals surface area contributed by atoms with Gasteiger partial charge in [-0.3, -0.25) is 0 Å². The van der Waals surface area contributed by atoms with E-state index in [0.717, 1.165) is 18.4 Å². The summed E-state index contributed by atoms with van der Waals surface area (Å²) in [6.45, 7) is 3.86. The minimum atomic E-state index is -0.145. The average Bonchev–Trinajstić information content (AvgIpc) is 2.55. The second-order valence-electron chi connectivity index (χ2n) is 5.88. The number of benzene rings is 1. The molecule has 1 aliphatic rings. The quantitative estimate of drug-likeness (QED) is 0.875. The Bertz CT molecular complexity index is 441. The highest BCUT2D eigenvalue weighted by atomic mass is 16.2. The summed E-state index contributed by atoms with van der Waals surface area (Å²) in [5, 5.41) is 3.04. The fourth-order valence-corrected chi connectivity index (χ4v) is 3.36. The Labute approximate surface area is 127 Å². The molecule has 2 amide bonds. The van der Waals surface area contributed by atoms with E-state index in [4.69, 9.17) is 5.73 Å². The molecule has 0 spiro atoms. The molecule has 1 saturated carbocycles. The highest BCUT2D eigenvalue weighted by Gasteiger charge is 2.38. The van der Waals surface area contributed by atoms with Gasteiger partial charge in [-0.2, -0.15) is 0 Å². The minimum Gasteiger partial charge on any atom is -0.334 e. The van der Waals surface area contributed by atoms with Crippen LogP contribution in [-0.2, 0) is 6.54 Å². The summed E-state index contributed by atoms with van der Waals surface area (Å²) in [4.78, 5) is 14.5. The van der Waals surface area contributed by atoms with E-state index in [1.807, 2.05) is 42.2 Å². The molecule has 1 aliphatic carbocycles. The third-order valence-electron chi connectivity index (χ3n) is 4.58. The molecule has 4 heteroatoms. The van der Waals surface area contributed by atoms with Gasteiger partial charge < -0.3 is 16.0 Å². The first kappa shape index (κ1) is 15.8. The van der Waals surface area contributed by atoms with Gasteiger partial charge in [-0.25, -0.2) is 4.79 Å². The van der Waals surface area contributed by atoms with Crippen LogP contribution in [0.5, 0.6) is 0 Å². The van der Waals surface area contributed by atoms with E-state index in [-0.39, 0.29) is 11.6 Å². The summed E-state index contributed by atoms with van der Waals surface area (Å²) < 4.78 is 0. The molecule has 0 heterocycles. The van der Waals surface area contributed by atoms with Gasteiger partial charge in [0, 0.05) is 19.6 Å². The van der Waals surface area contributed by atoms with Crippen molar-refractivity contribution in [1.82, 2.24) is 10.2 Å². The number of rotatable bonds is 5. The second-order valence-corrected chi connectivity index (χ2v) is 5.88. The number of urea groups is 1. The molecule has 21 heavy (non-hydrogen) atoms. The fraction of sp³-hybridized carbons (Fsp3) is 0.588. The van der Waals surface area contributed by atoms with Gasteiger partial charge in [0.05, 0.1) is 5.54 Å². The van der Waals surface area contributed by atoms with Crippen LogP contribution in [0, 0.1) is 0 Å². The molecule has 0 radical (unpaired) electrons. The third-order valence-corrected chi connectivity index (χ3v) is 4.58. The van der Waals surface area contributed by atoms with Gasteiger partial charge in [0.25, 0.3) is 0 Å². The molecule has 0 bridgehead atoms. The Balaban J connectivity index is 2.00. The highest BCUT2D eigenvalue weighted by Crippen LogP contribution is 2.32. The molecule has 2 rings (SSSR count). The van der Waals surface area contributed by atoms with Crippen LogP contribution in [0.15, 0.2) is 30.3 Å². The maximum Gasteiger partial charge on any atom is 0.318 e. The number of nitrogens with two attached hydrogens (primary N) is 1. The number of nitrogens with one attached hydrogen (secondary N) is 1. The van der Waals surface area contributed by atoms with Gasteiger partial charge in [-0.1, -0.05) is 49.6 Å². The normalized spacial score (nSPS) is 17.2. The van der Waals surface area contributed by atoms with Gasteiger partial charge in [0.2, 0.25) is 0 Å². The van der Waals surface area contributed by atoms with Gasteiger partial charge in [0.15, 0.2) is 0 Å². The molecule has 1 aromatic carbocycles. The molecule has 0 atom stereocenters. The Morgan fingerprint density at radius 2 is 1.90 bits per heavy atom. The zero-order chi connectivity index (χ0) is 15.1. The molecule has 3 N–H and O–H groups in total. The third kappa shape index (κ3) is 3.76. The standard InChI is InChI=1S/C17H27N3O/c1-2-20(17(14-18)11-7-4-8-12-17)16(21)19-13-15-9-5-3-6-10-15/h3,5-6,9-10H,2,4,7-8,11-14,18H2,1H3,(H,19,21). The van der Waals surface area contributed by atoms with Crippen molar-refractivity contribution in [2.24, 2.45) is 5.73 Å². The maximum atomic E-state index is 12.6. The van der Waals surface area contributed by atoms with Crippen molar-refractivity contribution < 1.29 is 4.79 Å². The first-order valence-corrected chi connectivity index (χ1v) is 8.01. The van der Waals surface area contributed by atoms with E-state index in [0.29, 0.717) is 19.6 Å². The van der Waals surface area contributed by atoms with Crippen molar-refractivity contribution in [3.8, 4) is 0 Å². The lowest BCUT2D eigenvalue weighted by Gasteiger charge is -2.45.